The minimum Gasteiger partial charge on any atom is -0.465 e. The maximum absolute atomic E-state index is 10.6. The number of nitrogens with zero attached hydrogens (tertiary/aromatic N) is 1. The Hall–Kier alpha value is -5.43. The van der Waals surface area contributed by atoms with E-state index in [2.05, 4.69) is 107 Å². The second kappa shape index (κ2) is 12.7. The molecule has 5 N–H and O–H groups in total. The molecular formula is C32H27N3O4. The van der Waals surface area contributed by atoms with Gasteiger partial charge in [-0.25, -0.2) is 9.59 Å². The molecule has 0 aliphatic heterocycles. The highest BCUT2D eigenvalue weighted by atomic mass is 16.4. The lowest BCUT2D eigenvalue weighted by molar-refractivity contribution is 0.200. The van der Waals surface area contributed by atoms with Gasteiger partial charge in [-0.2, -0.15) is 0 Å². The maximum Gasteiger partial charge on any atom is 0.409 e. The number of rotatable bonds is 6. The fraction of sp³-hybridized carbons (Fsp3) is 0.0312. The second-order valence-electron chi connectivity index (χ2n) is 8.60. The molecule has 0 spiro atoms. The van der Waals surface area contributed by atoms with Gasteiger partial charge in [-0.1, -0.05) is 103 Å². The molecule has 0 radical (unpaired) electrons. The molecule has 0 unspecified atom stereocenters. The van der Waals surface area contributed by atoms with Crippen LogP contribution in [0.15, 0.2) is 120 Å². The van der Waals surface area contributed by atoms with Gasteiger partial charge in [-0.15, -0.1) is 0 Å². The van der Waals surface area contributed by atoms with Crippen molar-refractivity contribution in [2.45, 2.75) is 6.54 Å². The van der Waals surface area contributed by atoms with Gasteiger partial charge < -0.3 is 15.9 Å². The molecule has 0 aromatic heterocycles. The van der Waals surface area contributed by atoms with Crippen LogP contribution in [-0.2, 0) is 6.54 Å². The summed E-state index contributed by atoms with van der Waals surface area (Å²) in [5.74, 6) is 0. The van der Waals surface area contributed by atoms with Crippen LogP contribution in [0, 0.1) is 0 Å². The van der Waals surface area contributed by atoms with Crippen LogP contribution < -0.4 is 11.1 Å². The first-order valence-corrected chi connectivity index (χ1v) is 12.2. The average molecular weight is 518 g/mol. The number of hydrogen-bond donors (Lipinski definition) is 4. The third kappa shape index (κ3) is 7.08. The first-order chi connectivity index (χ1) is 18.9. The fourth-order valence-corrected chi connectivity index (χ4v) is 4.38. The minimum absolute atomic E-state index is 0.390. The van der Waals surface area contributed by atoms with E-state index >= 15 is 0 Å². The number of amides is 2. The third-order valence-corrected chi connectivity index (χ3v) is 6.03. The Bertz CT molecular complexity index is 1630. The van der Waals surface area contributed by atoms with Crippen molar-refractivity contribution in [3.8, 4) is 33.4 Å². The predicted molar refractivity (Wildman–Crippen MR) is 156 cm³/mol. The lowest BCUT2D eigenvalue weighted by atomic mass is 9.92. The summed E-state index contributed by atoms with van der Waals surface area (Å²) in [5.41, 5.74) is 12.0. The molecule has 0 bridgehead atoms. The monoisotopic (exact) mass is 517 g/mol. The zero-order chi connectivity index (χ0) is 27.6. The molecular weight excluding hydrogens is 490 g/mol. The van der Waals surface area contributed by atoms with Crippen molar-refractivity contribution in [3.05, 3.63) is 121 Å². The van der Waals surface area contributed by atoms with Crippen LogP contribution in [0.5, 0.6) is 0 Å². The van der Waals surface area contributed by atoms with E-state index in [1.54, 1.807) is 0 Å². The quantitative estimate of drug-likeness (QED) is 0.140. The topological polar surface area (TPSA) is 125 Å². The SMILES string of the molecule is NC(=O)O.O=C(O)NC=NCc1ccccc1-c1ccc2c(-c3cccc(-c4ccccc4)c3)cccc2c1. The Morgan fingerprint density at radius 3 is 2.08 bits per heavy atom. The smallest absolute Gasteiger partial charge is 0.409 e. The molecule has 0 aliphatic carbocycles. The number of aliphatic imine (C=N–C) groups is 1. The molecule has 0 saturated carbocycles. The molecule has 0 heterocycles. The first-order valence-electron chi connectivity index (χ1n) is 12.2. The van der Waals surface area contributed by atoms with Gasteiger partial charge in [-0.3, -0.25) is 10.3 Å². The number of primary amides is 1. The summed E-state index contributed by atoms with van der Waals surface area (Å²) in [7, 11) is 0. The number of hydrogen-bond acceptors (Lipinski definition) is 3. The van der Waals surface area contributed by atoms with Crippen molar-refractivity contribution >= 4 is 29.3 Å². The molecule has 5 aromatic carbocycles. The highest BCUT2D eigenvalue weighted by Gasteiger charge is 2.09. The van der Waals surface area contributed by atoms with Crippen molar-refractivity contribution in [1.82, 2.24) is 5.32 Å². The number of nitrogens with two attached hydrogens (primary N) is 1. The summed E-state index contributed by atoms with van der Waals surface area (Å²) in [4.78, 5) is 23.6. The van der Waals surface area contributed by atoms with E-state index < -0.39 is 12.2 Å². The van der Waals surface area contributed by atoms with Crippen LogP contribution in [0.4, 0.5) is 9.59 Å². The summed E-state index contributed by atoms with van der Waals surface area (Å²) in [6, 6.07) is 40.1. The van der Waals surface area contributed by atoms with Crippen LogP contribution in [0.2, 0.25) is 0 Å². The van der Waals surface area contributed by atoms with E-state index in [1.807, 2.05) is 24.3 Å². The summed E-state index contributed by atoms with van der Waals surface area (Å²) < 4.78 is 0. The zero-order valence-corrected chi connectivity index (χ0v) is 21.0. The molecule has 5 aromatic rings. The van der Waals surface area contributed by atoms with Crippen molar-refractivity contribution in [1.29, 1.82) is 0 Å². The lowest BCUT2D eigenvalue weighted by Crippen LogP contribution is -2.18. The zero-order valence-electron chi connectivity index (χ0n) is 21.0. The summed E-state index contributed by atoms with van der Waals surface area (Å²) >= 11 is 0. The molecule has 5 rings (SSSR count). The summed E-state index contributed by atoms with van der Waals surface area (Å²) in [6.07, 6.45) is -1.24. The first kappa shape index (κ1) is 26.6. The Kier molecular flexibility index (Phi) is 8.67. The number of carboxylic acid groups (broad SMARTS) is 2. The molecule has 7 nitrogen and oxygen atoms in total. The van der Waals surface area contributed by atoms with E-state index in [0.717, 1.165) is 22.1 Å². The van der Waals surface area contributed by atoms with Crippen molar-refractivity contribution in [2.24, 2.45) is 10.7 Å². The minimum atomic E-state index is -1.33. The molecule has 0 aliphatic rings. The highest BCUT2D eigenvalue weighted by molar-refractivity contribution is 5.99. The molecule has 39 heavy (non-hydrogen) atoms. The van der Waals surface area contributed by atoms with Gasteiger partial charge in [0.05, 0.1) is 12.9 Å². The number of benzene rings is 5. The van der Waals surface area contributed by atoms with E-state index in [4.69, 9.17) is 15.0 Å². The Morgan fingerprint density at radius 2 is 1.31 bits per heavy atom. The molecule has 0 fully saturated rings. The van der Waals surface area contributed by atoms with E-state index in [1.165, 1.54) is 34.0 Å². The van der Waals surface area contributed by atoms with Gasteiger partial charge in [0.25, 0.3) is 0 Å². The van der Waals surface area contributed by atoms with Crippen molar-refractivity contribution < 1.29 is 19.8 Å². The Balaban J connectivity index is 0.000000826. The van der Waals surface area contributed by atoms with Gasteiger partial charge in [0.2, 0.25) is 0 Å². The molecule has 7 heteroatoms. The average Bonchev–Trinajstić information content (AvgIpc) is 2.95. The van der Waals surface area contributed by atoms with Crippen molar-refractivity contribution in [2.75, 3.05) is 0 Å². The second-order valence-corrected chi connectivity index (χ2v) is 8.60. The van der Waals surface area contributed by atoms with E-state index in [-0.39, 0.29) is 0 Å². The standard InChI is InChI=1S/C31H24N2O2.CH3NO2/c34-31(35)33-21-32-20-27-10-4-5-14-28(27)26-16-17-30-25(19-26)13-7-15-29(30)24-12-6-11-23(18-24)22-8-2-1-3-9-22;2-1(3)4/h1-19,21H,20H2,(H,32,33)(H,34,35);2H2,(H,3,4). The molecule has 0 atom stereocenters. The largest absolute Gasteiger partial charge is 0.465 e. The van der Waals surface area contributed by atoms with Gasteiger partial charge in [-0.05, 0) is 61.8 Å². The Morgan fingerprint density at radius 1 is 0.692 bits per heavy atom. The highest BCUT2D eigenvalue weighted by Crippen LogP contribution is 2.34. The summed E-state index contributed by atoms with van der Waals surface area (Å²) in [6.45, 7) is 0.390. The molecule has 0 saturated heterocycles. The maximum atomic E-state index is 10.6. The van der Waals surface area contributed by atoms with Crippen LogP contribution in [0.1, 0.15) is 5.56 Å². The van der Waals surface area contributed by atoms with Crippen LogP contribution in [-0.4, -0.2) is 28.7 Å². The number of nitrogens with one attached hydrogen (secondary N) is 1. The van der Waals surface area contributed by atoms with Gasteiger partial charge in [0.15, 0.2) is 0 Å². The van der Waals surface area contributed by atoms with Crippen LogP contribution in [0.3, 0.4) is 0 Å². The molecule has 194 valence electrons. The van der Waals surface area contributed by atoms with Gasteiger partial charge >= 0.3 is 12.2 Å². The summed E-state index contributed by atoms with van der Waals surface area (Å²) in [5, 5.41) is 20.4. The number of carbonyl (C=O) groups is 2. The van der Waals surface area contributed by atoms with Crippen LogP contribution in [0.25, 0.3) is 44.2 Å². The van der Waals surface area contributed by atoms with E-state index in [9.17, 15) is 4.79 Å². The lowest BCUT2D eigenvalue weighted by Gasteiger charge is -2.12. The fourth-order valence-electron chi connectivity index (χ4n) is 4.38. The normalized spacial score (nSPS) is 10.6. The number of fused-ring (bicyclic) bond motifs is 1. The van der Waals surface area contributed by atoms with Gasteiger partial charge in [0, 0.05) is 0 Å². The van der Waals surface area contributed by atoms with Gasteiger partial charge in [0.1, 0.15) is 0 Å². The Labute approximate surface area is 225 Å². The molecule has 2 amide bonds. The third-order valence-electron chi connectivity index (χ3n) is 6.03. The predicted octanol–water partition coefficient (Wildman–Crippen LogP) is 7.26. The van der Waals surface area contributed by atoms with Crippen LogP contribution >= 0.6 is 0 Å². The van der Waals surface area contributed by atoms with E-state index in [0.29, 0.717) is 6.54 Å². The van der Waals surface area contributed by atoms with Crippen molar-refractivity contribution in [3.63, 3.8) is 0 Å².